The number of carboxylic acid groups (broad SMARTS) is 1. The van der Waals surface area contributed by atoms with E-state index in [0.717, 1.165) is 23.6 Å². The van der Waals surface area contributed by atoms with Gasteiger partial charge in [-0.3, -0.25) is 0 Å². The number of aliphatic imine (C=N–C) groups is 1. The number of carbonyl (C=O) groups is 2. The van der Waals surface area contributed by atoms with Gasteiger partial charge in [0.1, 0.15) is 23.9 Å². The number of unbranched alkanes of at least 4 members (excludes halogenated alkanes) is 1. The van der Waals surface area contributed by atoms with E-state index in [1.54, 1.807) is 6.92 Å². The number of aliphatic hydroxyl groups is 5. The molecule has 0 saturated carbocycles. The SMILES string of the molecule is CCNc1cc(O[C@@H]2O[C@@]3(CCc4c(OC)c(O)c(OCCc5cccc(CC)c5)c(O)c4C(=O)O[C@H]3O)[C@@H](O)[C@H](O)[C@H]2O)c(OCN=C(N)NCCCCO)cc1C(=O)O. The number of methoxy groups -OCH3 is 1. The topological polar surface area (TPSA) is 314 Å². The number of aliphatic hydroxyl groups excluding tert-OH is 5. The quantitative estimate of drug-likeness (QED) is 0.0369. The number of nitrogens with one attached hydrogen (secondary N) is 2. The van der Waals surface area contributed by atoms with Crippen LogP contribution in [0.3, 0.4) is 0 Å². The first kappa shape index (κ1) is 46.3. The molecule has 20 nitrogen and oxygen atoms in total. The van der Waals surface area contributed by atoms with Crippen LogP contribution in [0.5, 0.6) is 34.5 Å². The number of aryl methyl sites for hydroxylation is 1. The molecule has 0 bridgehead atoms. The number of ether oxygens (including phenoxy) is 6. The van der Waals surface area contributed by atoms with Crippen molar-refractivity contribution in [2.24, 2.45) is 10.7 Å². The molecule has 3 aromatic rings. The molecule has 1 spiro atoms. The third-order valence-corrected chi connectivity index (χ3v) is 10.4. The predicted octanol–water partition coefficient (Wildman–Crippen LogP) is 1.11. The molecule has 0 aliphatic carbocycles. The van der Waals surface area contributed by atoms with Crippen LogP contribution in [0.2, 0.25) is 0 Å². The predicted molar refractivity (Wildman–Crippen MR) is 216 cm³/mol. The van der Waals surface area contributed by atoms with Crippen LogP contribution in [-0.4, -0.2) is 135 Å². The average molecular weight is 859 g/mol. The summed E-state index contributed by atoms with van der Waals surface area (Å²) < 4.78 is 34.4. The van der Waals surface area contributed by atoms with E-state index in [1.807, 2.05) is 31.2 Å². The lowest BCUT2D eigenvalue weighted by Crippen LogP contribution is -2.70. The second kappa shape index (κ2) is 20.7. The number of anilines is 1. The van der Waals surface area contributed by atoms with Crippen molar-refractivity contribution in [3.05, 3.63) is 64.2 Å². The summed E-state index contributed by atoms with van der Waals surface area (Å²) in [4.78, 5) is 30.1. The standard InChI is InChI=1S/C41H54N4O16/c1-4-21-9-8-10-22(17-21)12-16-57-34-29(47)28-23(33(56-3)32(34)50)11-13-41(39(55)60-37(28)54)35(51)30(48)31(49)38(61-41)59-27-19-25(43-5-2)24(36(52)53)18-26(27)58-20-45-40(42)44-14-6-7-15-46/h8-10,17-19,30-31,35,38-39,43,46-51,55H,4-7,11-16,20H2,1-3H3,(H,52,53)(H3,42,44,45)/t30-,31-,35+,38-,39-,41+/m1/s1. The summed E-state index contributed by atoms with van der Waals surface area (Å²) in [6.07, 6.45) is -9.16. The Morgan fingerprint density at radius 1 is 1.00 bits per heavy atom. The molecule has 61 heavy (non-hydrogen) atoms. The molecule has 20 heteroatoms. The van der Waals surface area contributed by atoms with Crippen LogP contribution in [0.4, 0.5) is 5.69 Å². The van der Waals surface area contributed by atoms with Crippen molar-refractivity contribution in [3.63, 3.8) is 0 Å². The Balaban J connectivity index is 1.45. The Kier molecular flexibility index (Phi) is 15.7. The summed E-state index contributed by atoms with van der Waals surface area (Å²) in [5.74, 6) is -5.40. The number of hydrogen-bond acceptors (Lipinski definition) is 17. The number of aromatic carboxylic acids is 1. The lowest BCUT2D eigenvalue weighted by atomic mass is 9.80. The molecule has 1 fully saturated rings. The molecule has 2 aliphatic heterocycles. The molecule has 3 aromatic carbocycles. The van der Waals surface area contributed by atoms with E-state index >= 15 is 0 Å². The van der Waals surface area contributed by atoms with Gasteiger partial charge in [0.25, 0.3) is 0 Å². The maximum atomic E-state index is 13.8. The lowest BCUT2D eigenvalue weighted by Gasteiger charge is -2.50. The van der Waals surface area contributed by atoms with Crippen molar-refractivity contribution >= 4 is 23.6 Å². The van der Waals surface area contributed by atoms with Gasteiger partial charge in [-0.2, -0.15) is 0 Å². The Morgan fingerprint density at radius 2 is 1.75 bits per heavy atom. The molecular weight excluding hydrogens is 804 g/mol. The molecule has 0 radical (unpaired) electrons. The summed E-state index contributed by atoms with van der Waals surface area (Å²) in [5, 5.41) is 92.6. The smallest absolute Gasteiger partial charge is 0.344 e. The minimum absolute atomic E-state index is 0.00448. The molecule has 2 heterocycles. The number of guanidine groups is 1. The number of esters is 1. The molecule has 2 aliphatic rings. The zero-order valence-corrected chi connectivity index (χ0v) is 34.0. The first-order valence-electron chi connectivity index (χ1n) is 19.8. The summed E-state index contributed by atoms with van der Waals surface area (Å²) in [6, 6.07) is 10.1. The third-order valence-electron chi connectivity index (χ3n) is 10.4. The fourth-order valence-corrected chi connectivity index (χ4v) is 7.10. The van der Waals surface area contributed by atoms with E-state index in [2.05, 4.69) is 15.6 Å². The van der Waals surface area contributed by atoms with E-state index in [-0.39, 0.29) is 66.2 Å². The Labute approximate surface area is 351 Å². The summed E-state index contributed by atoms with van der Waals surface area (Å²) in [7, 11) is 1.20. The van der Waals surface area contributed by atoms with Crippen LogP contribution < -0.4 is 35.3 Å². The monoisotopic (exact) mass is 858 g/mol. The number of fused-ring (bicyclic) bond motifs is 1. The largest absolute Gasteiger partial charge is 0.504 e. The highest BCUT2D eigenvalue weighted by atomic mass is 16.7. The van der Waals surface area contributed by atoms with E-state index in [9.17, 15) is 45.3 Å². The first-order valence-corrected chi connectivity index (χ1v) is 19.8. The maximum Gasteiger partial charge on any atom is 0.344 e. The van der Waals surface area contributed by atoms with Gasteiger partial charge >= 0.3 is 11.9 Å². The maximum absolute atomic E-state index is 13.8. The molecule has 0 aromatic heterocycles. The second-order valence-electron chi connectivity index (χ2n) is 14.3. The van der Waals surface area contributed by atoms with E-state index in [4.69, 9.17) is 39.3 Å². The molecular formula is C41H54N4O16. The Morgan fingerprint density at radius 3 is 2.44 bits per heavy atom. The number of aromatic hydroxyl groups is 2. The van der Waals surface area contributed by atoms with Crippen LogP contribution in [0.1, 0.15) is 70.5 Å². The number of phenolic OH excluding ortho intramolecular Hbond substituents is 2. The van der Waals surface area contributed by atoms with Crippen molar-refractivity contribution < 1.29 is 78.9 Å². The highest BCUT2D eigenvalue weighted by Crippen LogP contribution is 2.51. The fraction of sp³-hybridized carbons (Fsp3) is 0.488. The Bertz CT molecular complexity index is 2050. The number of carboxylic acids is 1. The molecule has 5 rings (SSSR count). The van der Waals surface area contributed by atoms with Crippen molar-refractivity contribution in [2.75, 3.05) is 45.5 Å². The summed E-state index contributed by atoms with van der Waals surface area (Å²) >= 11 is 0. The van der Waals surface area contributed by atoms with Crippen molar-refractivity contribution in [2.45, 2.75) is 88.9 Å². The van der Waals surface area contributed by atoms with Crippen LogP contribution in [-0.2, 0) is 28.7 Å². The zero-order chi connectivity index (χ0) is 44.4. The molecule has 0 amide bonds. The number of hydrogen-bond donors (Lipinski definition) is 11. The number of nitrogens with zero attached hydrogens (tertiary/aromatic N) is 1. The second-order valence-corrected chi connectivity index (χ2v) is 14.3. The molecule has 334 valence electrons. The van der Waals surface area contributed by atoms with Crippen LogP contribution >= 0.6 is 0 Å². The van der Waals surface area contributed by atoms with Gasteiger partial charge in [0.15, 0.2) is 41.3 Å². The minimum atomic E-state index is -2.44. The number of rotatable bonds is 18. The van der Waals surface area contributed by atoms with Gasteiger partial charge in [-0.1, -0.05) is 31.2 Å². The van der Waals surface area contributed by atoms with E-state index < -0.39 is 84.4 Å². The molecule has 12 N–H and O–H groups in total. The van der Waals surface area contributed by atoms with Gasteiger partial charge < -0.3 is 85.6 Å². The fourth-order valence-electron chi connectivity index (χ4n) is 7.10. The normalized spacial score (nSPS) is 22.7. The van der Waals surface area contributed by atoms with Gasteiger partial charge in [-0.05, 0) is 50.2 Å². The minimum Gasteiger partial charge on any atom is -0.504 e. The van der Waals surface area contributed by atoms with E-state index in [0.29, 0.717) is 25.8 Å². The summed E-state index contributed by atoms with van der Waals surface area (Å²) in [5.41, 5.74) is 4.68. The average Bonchev–Trinajstić information content (AvgIpc) is 3.23. The van der Waals surface area contributed by atoms with Crippen molar-refractivity contribution in [3.8, 4) is 34.5 Å². The van der Waals surface area contributed by atoms with Crippen molar-refractivity contribution in [1.29, 1.82) is 0 Å². The van der Waals surface area contributed by atoms with Gasteiger partial charge in [-0.25, -0.2) is 14.6 Å². The van der Waals surface area contributed by atoms with Crippen LogP contribution in [0.25, 0.3) is 0 Å². The highest BCUT2D eigenvalue weighted by Gasteiger charge is 2.60. The molecule has 6 atom stereocenters. The number of carbonyl (C=O) groups excluding carboxylic acids is 1. The lowest BCUT2D eigenvalue weighted by molar-refractivity contribution is -0.357. The molecule has 0 unspecified atom stereocenters. The number of benzene rings is 3. The summed E-state index contributed by atoms with van der Waals surface area (Å²) in [6.45, 7) is 3.93. The van der Waals surface area contributed by atoms with Gasteiger partial charge in [-0.15, -0.1) is 0 Å². The van der Waals surface area contributed by atoms with Crippen molar-refractivity contribution in [1.82, 2.24) is 5.32 Å². The zero-order valence-electron chi connectivity index (χ0n) is 34.0. The molecule has 1 saturated heterocycles. The van der Waals surface area contributed by atoms with Crippen LogP contribution in [0, 0.1) is 0 Å². The van der Waals surface area contributed by atoms with Crippen LogP contribution in [0.15, 0.2) is 41.4 Å². The van der Waals surface area contributed by atoms with Gasteiger partial charge in [0.05, 0.1) is 25.0 Å². The number of nitrogens with two attached hydrogens (primary N) is 1. The first-order chi connectivity index (χ1) is 29.2. The van der Waals surface area contributed by atoms with Gasteiger partial charge in [0.2, 0.25) is 24.1 Å². The highest BCUT2D eigenvalue weighted by molar-refractivity contribution is 5.97. The third kappa shape index (κ3) is 10.2. The Hall–Kier alpha value is -5.77. The number of phenols is 2. The van der Waals surface area contributed by atoms with Gasteiger partial charge in [0, 0.05) is 43.8 Å². The van der Waals surface area contributed by atoms with E-state index in [1.165, 1.54) is 13.2 Å². The number of cyclic esters (lactones) is 1.